The molecule has 0 aliphatic carbocycles. The normalized spacial score (nSPS) is 18.2. The number of rotatable bonds is 7. The molecule has 0 amide bonds. The summed E-state index contributed by atoms with van der Waals surface area (Å²) in [5.41, 5.74) is 5.77. The lowest BCUT2D eigenvalue weighted by atomic mass is 9.95. The Morgan fingerprint density at radius 1 is 1.31 bits per heavy atom. The fraction of sp³-hybridized carbons (Fsp3) is 1.00. The van der Waals surface area contributed by atoms with E-state index in [0.717, 1.165) is 19.3 Å². The van der Waals surface area contributed by atoms with Gasteiger partial charge in [0.1, 0.15) is 0 Å². The first-order valence-electron chi connectivity index (χ1n) is 5.18. The zero-order valence-corrected chi connectivity index (χ0v) is 8.74. The van der Waals surface area contributed by atoms with E-state index >= 15 is 0 Å². The van der Waals surface area contributed by atoms with Crippen LogP contribution in [0.5, 0.6) is 0 Å². The van der Waals surface area contributed by atoms with Gasteiger partial charge < -0.3 is 15.9 Å². The molecule has 0 saturated heterocycles. The molecular formula is C10H23NO2. The third-order valence-corrected chi connectivity index (χ3v) is 2.45. The van der Waals surface area contributed by atoms with Gasteiger partial charge in [0.2, 0.25) is 0 Å². The van der Waals surface area contributed by atoms with Crippen LogP contribution in [0, 0.1) is 5.92 Å². The Morgan fingerprint density at radius 2 is 1.92 bits per heavy atom. The molecule has 3 atom stereocenters. The fourth-order valence-electron chi connectivity index (χ4n) is 1.33. The molecule has 0 spiro atoms. The summed E-state index contributed by atoms with van der Waals surface area (Å²) in [5.74, 6) is -0.114. The second-order valence-corrected chi connectivity index (χ2v) is 3.81. The van der Waals surface area contributed by atoms with Gasteiger partial charge in [-0.05, 0) is 6.42 Å². The highest BCUT2D eigenvalue weighted by Gasteiger charge is 2.20. The predicted molar refractivity (Wildman–Crippen MR) is 54.4 cm³/mol. The lowest BCUT2D eigenvalue weighted by molar-refractivity contribution is 0.0542. The summed E-state index contributed by atoms with van der Waals surface area (Å²) >= 11 is 0. The van der Waals surface area contributed by atoms with Gasteiger partial charge in [0.15, 0.2) is 0 Å². The first kappa shape index (κ1) is 12.9. The van der Waals surface area contributed by atoms with Gasteiger partial charge in [-0.2, -0.15) is 0 Å². The molecule has 0 aromatic heterocycles. The molecule has 0 radical (unpaired) electrons. The van der Waals surface area contributed by atoms with Crippen LogP contribution in [0.25, 0.3) is 0 Å². The van der Waals surface area contributed by atoms with E-state index in [9.17, 15) is 5.11 Å². The highest BCUT2D eigenvalue weighted by Crippen LogP contribution is 2.11. The van der Waals surface area contributed by atoms with Gasteiger partial charge in [0, 0.05) is 18.6 Å². The summed E-state index contributed by atoms with van der Waals surface area (Å²) in [6.07, 6.45) is 3.67. The van der Waals surface area contributed by atoms with E-state index in [4.69, 9.17) is 10.8 Å². The minimum absolute atomic E-state index is 0.00262. The van der Waals surface area contributed by atoms with Crippen LogP contribution in [-0.2, 0) is 0 Å². The van der Waals surface area contributed by atoms with Crippen LogP contribution >= 0.6 is 0 Å². The number of nitrogens with two attached hydrogens (primary N) is 1. The van der Waals surface area contributed by atoms with Gasteiger partial charge in [-0.15, -0.1) is 0 Å². The van der Waals surface area contributed by atoms with E-state index in [2.05, 4.69) is 6.92 Å². The van der Waals surface area contributed by atoms with Crippen LogP contribution in [0.1, 0.15) is 39.5 Å². The van der Waals surface area contributed by atoms with Gasteiger partial charge in [0.05, 0.1) is 6.10 Å². The van der Waals surface area contributed by atoms with E-state index in [1.807, 2.05) is 6.92 Å². The number of aliphatic hydroxyl groups excluding tert-OH is 2. The van der Waals surface area contributed by atoms with Crippen LogP contribution in [0.2, 0.25) is 0 Å². The highest BCUT2D eigenvalue weighted by molar-refractivity contribution is 4.75. The topological polar surface area (TPSA) is 66.5 Å². The molecule has 0 rings (SSSR count). The third kappa shape index (κ3) is 5.24. The molecule has 0 aromatic carbocycles. The lowest BCUT2D eigenvalue weighted by Gasteiger charge is -2.23. The van der Waals surface area contributed by atoms with Gasteiger partial charge in [-0.3, -0.25) is 0 Å². The quantitative estimate of drug-likeness (QED) is 0.521. The Labute approximate surface area is 81.0 Å². The maximum Gasteiger partial charge on any atom is 0.0738 e. The van der Waals surface area contributed by atoms with Crippen LogP contribution in [0.4, 0.5) is 0 Å². The summed E-state index contributed by atoms with van der Waals surface area (Å²) in [6.45, 7) is 3.95. The number of unbranched alkanes of at least 4 members (excludes halogenated alkanes) is 2. The second kappa shape index (κ2) is 7.30. The molecule has 13 heavy (non-hydrogen) atoms. The Balaban J connectivity index is 3.62. The zero-order valence-electron chi connectivity index (χ0n) is 8.74. The smallest absolute Gasteiger partial charge is 0.0738 e. The van der Waals surface area contributed by atoms with Crippen molar-refractivity contribution in [2.75, 3.05) is 6.61 Å². The molecule has 0 saturated carbocycles. The Kier molecular flexibility index (Phi) is 7.23. The second-order valence-electron chi connectivity index (χ2n) is 3.81. The van der Waals surface area contributed by atoms with E-state index in [1.54, 1.807) is 0 Å². The zero-order chi connectivity index (χ0) is 10.3. The summed E-state index contributed by atoms with van der Waals surface area (Å²) < 4.78 is 0. The number of aliphatic hydroxyl groups is 2. The molecule has 4 N–H and O–H groups in total. The van der Waals surface area contributed by atoms with Crippen molar-refractivity contribution in [2.45, 2.75) is 51.7 Å². The molecule has 3 heteroatoms. The van der Waals surface area contributed by atoms with Crippen molar-refractivity contribution in [3.8, 4) is 0 Å². The first-order valence-corrected chi connectivity index (χ1v) is 5.18. The molecule has 0 bridgehead atoms. The molecule has 0 aromatic rings. The molecule has 3 unspecified atom stereocenters. The van der Waals surface area contributed by atoms with Crippen molar-refractivity contribution in [3.63, 3.8) is 0 Å². The summed E-state index contributed by atoms with van der Waals surface area (Å²) in [4.78, 5) is 0. The Morgan fingerprint density at radius 3 is 2.38 bits per heavy atom. The van der Waals surface area contributed by atoms with Crippen LogP contribution < -0.4 is 5.73 Å². The average Bonchev–Trinajstić information content (AvgIpc) is 2.15. The Bertz CT molecular complexity index is 119. The molecular weight excluding hydrogens is 166 g/mol. The SMILES string of the molecule is CCCCCC(N)C(O)C(C)CO. The van der Waals surface area contributed by atoms with E-state index < -0.39 is 6.10 Å². The molecule has 0 fully saturated rings. The van der Waals surface area contributed by atoms with Gasteiger partial charge in [0.25, 0.3) is 0 Å². The van der Waals surface area contributed by atoms with Gasteiger partial charge >= 0.3 is 0 Å². The van der Waals surface area contributed by atoms with E-state index in [-0.39, 0.29) is 18.6 Å². The van der Waals surface area contributed by atoms with E-state index in [1.165, 1.54) is 6.42 Å². The molecule has 0 heterocycles. The van der Waals surface area contributed by atoms with Crippen LogP contribution in [0.15, 0.2) is 0 Å². The number of hydrogen-bond acceptors (Lipinski definition) is 3. The average molecular weight is 189 g/mol. The van der Waals surface area contributed by atoms with Gasteiger partial charge in [-0.25, -0.2) is 0 Å². The largest absolute Gasteiger partial charge is 0.396 e. The third-order valence-electron chi connectivity index (χ3n) is 2.45. The summed E-state index contributed by atoms with van der Waals surface area (Å²) in [7, 11) is 0. The monoisotopic (exact) mass is 189 g/mol. The number of hydrogen-bond donors (Lipinski definition) is 3. The molecule has 3 nitrogen and oxygen atoms in total. The maximum atomic E-state index is 9.60. The van der Waals surface area contributed by atoms with Crippen LogP contribution in [0.3, 0.4) is 0 Å². The van der Waals surface area contributed by atoms with Crippen molar-refractivity contribution in [1.29, 1.82) is 0 Å². The summed E-state index contributed by atoms with van der Waals surface area (Å²) in [5, 5.41) is 18.4. The molecule has 0 aliphatic rings. The van der Waals surface area contributed by atoms with E-state index in [0.29, 0.717) is 0 Å². The maximum absolute atomic E-state index is 9.60. The first-order chi connectivity index (χ1) is 6.13. The van der Waals surface area contributed by atoms with Crippen molar-refractivity contribution in [2.24, 2.45) is 11.7 Å². The molecule has 0 aliphatic heterocycles. The van der Waals surface area contributed by atoms with Crippen LogP contribution in [-0.4, -0.2) is 29.0 Å². The van der Waals surface area contributed by atoms with Crippen molar-refractivity contribution < 1.29 is 10.2 Å². The standard InChI is InChI=1S/C10H23NO2/c1-3-4-5-6-9(11)10(13)8(2)7-12/h8-10,12-13H,3-7,11H2,1-2H3. The summed E-state index contributed by atoms with van der Waals surface area (Å²) in [6, 6.07) is -0.186. The minimum atomic E-state index is -0.568. The Hall–Kier alpha value is -0.120. The minimum Gasteiger partial charge on any atom is -0.396 e. The van der Waals surface area contributed by atoms with Gasteiger partial charge in [-0.1, -0.05) is 33.1 Å². The highest BCUT2D eigenvalue weighted by atomic mass is 16.3. The van der Waals surface area contributed by atoms with Crippen molar-refractivity contribution in [1.82, 2.24) is 0 Å². The lowest BCUT2D eigenvalue weighted by Crippen LogP contribution is -2.40. The fourth-order valence-corrected chi connectivity index (χ4v) is 1.33. The van der Waals surface area contributed by atoms with Crippen molar-refractivity contribution >= 4 is 0 Å². The predicted octanol–water partition coefficient (Wildman–Crippen LogP) is 0.883. The van der Waals surface area contributed by atoms with Crippen molar-refractivity contribution in [3.05, 3.63) is 0 Å². The molecule has 80 valence electrons.